The van der Waals surface area contributed by atoms with E-state index in [2.05, 4.69) is 10.6 Å². The van der Waals surface area contributed by atoms with E-state index >= 15 is 0 Å². The third-order valence-electron chi connectivity index (χ3n) is 3.66. The van der Waals surface area contributed by atoms with Crippen molar-refractivity contribution in [3.05, 3.63) is 64.2 Å². The maximum atomic E-state index is 12.3. The Bertz CT molecular complexity index is 769. The Labute approximate surface area is 139 Å². The number of hydrogen-bond donors (Lipinski definition) is 2. The van der Waals surface area contributed by atoms with Crippen LogP contribution < -0.4 is 10.6 Å². The predicted molar refractivity (Wildman–Crippen MR) is 91.1 cm³/mol. The van der Waals surface area contributed by atoms with Gasteiger partial charge in [-0.2, -0.15) is 0 Å². The van der Waals surface area contributed by atoms with Gasteiger partial charge in [0.25, 0.3) is 11.8 Å². The molecule has 0 spiro atoms. The third-order valence-corrected chi connectivity index (χ3v) is 3.99. The zero-order valence-corrected chi connectivity index (χ0v) is 13.5. The van der Waals surface area contributed by atoms with E-state index in [-0.39, 0.29) is 17.9 Å². The molecule has 0 saturated heterocycles. The Kier molecular flexibility index (Phi) is 4.35. The van der Waals surface area contributed by atoms with Crippen LogP contribution in [-0.2, 0) is 0 Å². The van der Waals surface area contributed by atoms with Gasteiger partial charge in [-0.3, -0.25) is 9.59 Å². The first kappa shape index (κ1) is 15.6. The molecule has 3 rings (SSSR count). The van der Waals surface area contributed by atoms with Crippen LogP contribution in [0.5, 0.6) is 0 Å². The Balaban J connectivity index is 1.77. The average molecular weight is 329 g/mol. The van der Waals surface area contributed by atoms with Crippen molar-refractivity contribution < 1.29 is 9.59 Å². The van der Waals surface area contributed by atoms with Gasteiger partial charge in [-0.25, -0.2) is 0 Å². The molecule has 5 heteroatoms. The summed E-state index contributed by atoms with van der Waals surface area (Å²) in [5.41, 5.74) is 2.50. The lowest BCUT2D eigenvalue weighted by Crippen LogP contribution is -2.25. The molecular formula is C18H17ClN2O2. The van der Waals surface area contributed by atoms with E-state index < -0.39 is 0 Å². The van der Waals surface area contributed by atoms with Crippen LogP contribution in [0.1, 0.15) is 39.1 Å². The second kappa shape index (κ2) is 6.42. The number of carbonyl (C=O) groups excluding carboxylic acids is 2. The smallest absolute Gasteiger partial charge is 0.255 e. The summed E-state index contributed by atoms with van der Waals surface area (Å²) in [6.07, 6.45) is 2.01. The molecule has 1 saturated carbocycles. The second-order valence-corrected chi connectivity index (χ2v) is 6.17. The Hall–Kier alpha value is -2.33. The molecule has 1 aliphatic rings. The highest BCUT2D eigenvalue weighted by Gasteiger charge is 2.24. The van der Waals surface area contributed by atoms with Crippen molar-refractivity contribution in [1.29, 1.82) is 0 Å². The number of hydrogen-bond acceptors (Lipinski definition) is 2. The highest BCUT2D eigenvalue weighted by atomic mass is 35.5. The molecule has 0 radical (unpaired) electrons. The second-order valence-electron chi connectivity index (χ2n) is 5.77. The number of nitrogens with one attached hydrogen (secondary N) is 2. The van der Waals surface area contributed by atoms with Crippen LogP contribution in [-0.4, -0.2) is 17.9 Å². The monoisotopic (exact) mass is 328 g/mol. The highest BCUT2D eigenvalue weighted by Crippen LogP contribution is 2.24. The Morgan fingerprint density at radius 2 is 1.87 bits per heavy atom. The van der Waals surface area contributed by atoms with Gasteiger partial charge in [-0.05, 0) is 50.1 Å². The fraction of sp³-hybridized carbons (Fsp3) is 0.222. The van der Waals surface area contributed by atoms with Gasteiger partial charge in [-0.15, -0.1) is 0 Å². The van der Waals surface area contributed by atoms with Gasteiger partial charge < -0.3 is 10.6 Å². The molecule has 0 aliphatic heterocycles. The zero-order chi connectivity index (χ0) is 16.4. The van der Waals surface area contributed by atoms with Crippen molar-refractivity contribution in [3.8, 4) is 0 Å². The molecule has 0 heterocycles. The van der Waals surface area contributed by atoms with E-state index in [0.717, 1.165) is 18.4 Å². The standard InChI is InChI=1S/C18H17ClN2O2/c1-11-3-2-4-12(9-11)17(22)21-14-7-8-16(19)15(10-14)18(23)20-13-5-6-13/h2-4,7-10,13H,5-6H2,1H3,(H,20,23)(H,21,22). The number of halogens is 1. The molecule has 1 fully saturated rings. The SMILES string of the molecule is Cc1cccc(C(=O)Nc2ccc(Cl)c(C(=O)NC3CC3)c2)c1. The van der Waals surface area contributed by atoms with E-state index in [4.69, 9.17) is 11.6 Å². The summed E-state index contributed by atoms with van der Waals surface area (Å²) in [5.74, 6) is -0.422. The minimum absolute atomic E-state index is 0.204. The van der Waals surface area contributed by atoms with Crippen molar-refractivity contribution in [1.82, 2.24) is 5.32 Å². The summed E-state index contributed by atoms with van der Waals surface area (Å²) >= 11 is 6.10. The molecule has 0 aromatic heterocycles. The molecule has 0 atom stereocenters. The number of rotatable bonds is 4. The van der Waals surface area contributed by atoms with Crippen LogP contribution in [0, 0.1) is 6.92 Å². The summed E-state index contributed by atoms with van der Waals surface area (Å²) < 4.78 is 0. The molecule has 4 nitrogen and oxygen atoms in total. The van der Waals surface area contributed by atoms with Gasteiger partial charge in [-0.1, -0.05) is 29.3 Å². The lowest BCUT2D eigenvalue weighted by atomic mass is 10.1. The van der Waals surface area contributed by atoms with Crippen LogP contribution >= 0.6 is 11.6 Å². The van der Waals surface area contributed by atoms with Crippen LogP contribution in [0.3, 0.4) is 0 Å². The number of amides is 2. The third kappa shape index (κ3) is 3.90. The minimum atomic E-state index is -0.218. The summed E-state index contributed by atoms with van der Waals surface area (Å²) in [7, 11) is 0. The summed E-state index contributed by atoms with van der Waals surface area (Å²) in [6.45, 7) is 1.93. The van der Waals surface area contributed by atoms with Crippen molar-refractivity contribution in [2.24, 2.45) is 0 Å². The minimum Gasteiger partial charge on any atom is -0.349 e. The number of anilines is 1. The fourth-order valence-corrected chi connectivity index (χ4v) is 2.46. The van der Waals surface area contributed by atoms with Crippen molar-refractivity contribution >= 4 is 29.1 Å². The maximum absolute atomic E-state index is 12.3. The van der Waals surface area contributed by atoms with Crippen LogP contribution in [0.25, 0.3) is 0 Å². The molecule has 1 aliphatic carbocycles. The van der Waals surface area contributed by atoms with Gasteiger partial charge in [0, 0.05) is 17.3 Å². The summed E-state index contributed by atoms with van der Waals surface area (Å²) in [4.78, 5) is 24.4. The fourth-order valence-electron chi connectivity index (χ4n) is 2.26. The quantitative estimate of drug-likeness (QED) is 0.897. The Morgan fingerprint density at radius 1 is 1.09 bits per heavy atom. The van der Waals surface area contributed by atoms with Gasteiger partial charge in [0.1, 0.15) is 0 Å². The zero-order valence-electron chi connectivity index (χ0n) is 12.7. The number of aryl methyl sites for hydroxylation is 1. The average Bonchev–Trinajstić information content (AvgIpc) is 3.33. The van der Waals surface area contributed by atoms with Crippen molar-refractivity contribution in [2.75, 3.05) is 5.32 Å². The maximum Gasteiger partial charge on any atom is 0.255 e. The largest absolute Gasteiger partial charge is 0.349 e. The van der Waals surface area contributed by atoms with Gasteiger partial charge in [0.15, 0.2) is 0 Å². The van der Waals surface area contributed by atoms with Crippen LogP contribution in [0.4, 0.5) is 5.69 Å². The predicted octanol–water partition coefficient (Wildman–Crippen LogP) is 3.79. The Morgan fingerprint density at radius 3 is 2.57 bits per heavy atom. The molecule has 2 aromatic carbocycles. The number of carbonyl (C=O) groups is 2. The molecule has 0 bridgehead atoms. The van der Waals surface area contributed by atoms with Gasteiger partial charge in [0.2, 0.25) is 0 Å². The highest BCUT2D eigenvalue weighted by molar-refractivity contribution is 6.34. The van der Waals surface area contributed by atoms with E-state index in [1.807, 2.05) is 25.1 Å². The molecule has 2 aromatic rings. The lowest BCUT2D eigenvalue weighted by Gasteiger charge is -2.10. The van der Waals surface area contributed by atoms with E-state index in [1.165, 1.54) is 0 Å². The first-order chi connectivity index (χ1) is 11.0. The molecule has 2 amide bonds. The van der Waals surface area contributed by atoms with Crippen molar-refractivity contribution in [2.45, 2.75) is 25.8 Å². The van der Waals surface area contributed by atoms with Gasteiger partial charge in [0.05, 0.1) is 10.6 Å². The summed E-state index contributed by atoms with van der Waals surface area (Å²) in [5, 5.41) is 6.07. The number of benzene rings is 2. The van der Waals surface area contributed by atoms with Crippen molar-refractivity contribution in [3.63, 3.8) is 0 Å². The lowest BCUT2D eigenvalue weighted by molar-refractivity contribution is 0.0949. The molecular weight excluding hydrogens is 312 g/mol. The molecule has 118 valence electrons. The normalized spacial score (nSPS) is 13.5. The van der Waals surface area contributed by atoms with E-state index in [9.17, 15) is 9.59 Å². The van der Waals surface area contributed by atoms with E-state index in [1.54, 1.807) is 24.3 Å². The van der Waals surface area contributed by atoms with Gasteiger partial charge >= 0.3 is 0 Å². The first-order valence-electron chi connectivity index (χ1n) is 7.51. The topological polar surface area (TPSA) is 58.2 Å². The summed E-state index contributed by atoms with van der Waals surface area (Å²) in [6, 6.07) is 12.5. The molecule has 0 unspecified atom stereocenters. The first-order valence-corrected chi connectivity index (χ1v) is 7.89. The van der Waals surface area contributed by atoms with Crippen LogP contribution in [0.2, 0.25) is 5.02 Å². The van der Waals surface area contributed by atoms with Crippen LogP contribution in [0.15, 0.2) is 42.5 Å². The van der Waals surface area contributed by atoms with E-state index in [0.29, 0.717) is 21.8 Å². The molecule has 23 heavy (non-hydrogen) atoms. The molecule has 2 N–H and O–H groups in total.